The Morgan fingerprint density at radius 3 is 2.54 bits per heavy atom. The number of hydrogen-bond donors (Lipinski definition) is 0. The summed E-state index contributed by atoms with van der Waals surface area (Å²) in [5, 5.41) is 0. The van der Waals surface area contributed by atoms with E-state index in [1.165, 1.54) is 0 Å². The lowest BCUT2D eigenvalue weighted by Crippen LogP contribution is -2.45. The number of carbonyl (C=O) groups is 2. The molecule has 28 heavy (non-hydrogen) atoms. The van der Waals surface area contributed by atoms with Crippen molar-refractivity contribution in [3.8, 4) is 5.75 Å². The maximum atomic E-state index is 12.9. The summed E-state index contributed by atoms with van der Waals surface area (Å²) >= 11 is 0. The molecule has 0 atom stereocenters. The van der Waals surface area contributed by atoms with E-state index in [4.69, 9.17) is 9.47 Å². The molecule has 0 N–H and O–H groups in total. The molecule has 1 amide bonds. The second-order valence-electron chi connectivity index (χ2n) is 7.45. The normalized spacial score (nSPS) is 17.3. The fourth-order valence-corrected chi connectivity index (χ4v) is 4.00. The zero-order valence-corrected chi connectivity index (χ0v) is 16.1. The number of nitrogens with zero attached hydrogens (tertiary/aromatic N) is 1. The topological polar surface area (TPSA) is 55.8 Å². The smallest absolute Gasteiger partial charge is 0.339 e. The van der Waals surface area contributed by atoms with Crippen LogP contribution in [0.1, 0.15) is 58.9 Å². The van der Waals surface area contributed by atoms with Crippen molar-refractivity contribution in [1.29, 1.82) is 0 Å². The van der Waals surface area contributed by atoms with Crippen molar-refractivity contribution in [3.05, 3.63) is 65.2 Å². The second kappa shape index (κ2) is 7.66. The van der Waals surface area contributed by atoms with Crippen molar-refractivity contribution < 1.29 is 19.1 Å². The summed E-state index contributed by atoms with van der Waals surface area (Å²) in [4.78, 5) is 26.9. The molecule has 1 saturated heterocycles. The number of piperidine rings is 1. The van der Waals surface area contributed by atoms with Crippen LogP contribution in [0.2, 0.25) is 0 Å². The first-order valence-corrected chi connectivity index (χ1v) is 9.98. The molecule has 2 aliphatic heterocycles. The van der Waals surface area contributed by atoms with E-state index in [0.717, 1.165) is 24.2 Å². The highest BCUT2D eigenvalue weighted by Crippen LogP contribution is 2.44. The zero-order chi connectivity index (χ0) is 19.6. The Balaban J connectivity index is 1.40. The van der Waals surface area contributed by atoms with Gasteiger partial charge in [-0.25, -0.2) is 4.79 Å². The van der Waals surface area contributed by atoms with E-state index in [2.05, 4.69) is 6.92 Å². The number of amides is 1. The Bertz CT molecular complexity index is 866. The van der Waals surface area contributed by atoms with E-state index < -0.39 is 5.60 Å². The number of carbonyl (C=O) groups excluding carboxylic acids is 2. The van der Waals surface area contributed by atoms with Crippen molar-refractivity contribution in [2.45, 2.75) is 38.2 Å². The molecule has 2 heterocycles. The maximum Gasteiger partial charge on any atom is 0.339 e. The third-order valence-electron chi connectivity index (χ3n) is 5.65. The van der Waals surface area contributed by atoms with Crippen LogP contribution in [0.15, 0.2) is 48.5 Å². The number of fused-ring (bicyclic) bond motifs is 2. The van der Waals surface area contributed by atoms with Crippen LogP contribution in [0.4, 0.5) is 0 Å². The molecule has 0 radical (unpaired) electrons. The molecular formula is C23H25NO4. The molecule has 0 aromatic heterocycles. The Hall–Kier alpha value is -2.82. The molecule has 0 unspecified atom stereocenters. The standard InChI is InChI=1S/C23H25NO4/c1-2-3-16-27-18-10-8-17(9-11-18)21(25)24-14-12-23(13-15-24)20-7-5-4-6-19(20)22(26)28-23/h4-11H,2-3,12-16H2,1H3. The third kappa shape index (κ3) is 3.37. The third-order valence-corrected chi connectivity index (χ3v) is 5.65. The molecule has 0 saturated carbocycles. The van der Waals surface area contributed by atoms with Crippen LogP contribution in [0.25, 0.3) is 0 Å². The minimum absolute atomic E-state index is 0.00701. The highest BCUT2D eigenvalue weighted by atomic mass is 16.6. The van der Waals surface area contributed by atoms with Gasteiger partial charge in [-0.3, -0.25) is 4.79 Å². The van der Waals surface area contributed by atoms with E-state index in [1.54, 1.807) is 0 Å². The van der Waals surface area contributed by atoms with Crippen LogP contribution in [0, 0.1) is 0 Å². The summed E-state index contributed by atoms with van der Waals surface area (Å²) in [7, 11) is 0. The van der Waals surface area contributed by atoms with E-state index in [1.807, 2.05) is 53.4 Å². The van der Waals surface area contributed by atoms with E-state index in [0.29, 0.717) is 43.7 Å². The number of likely N-dealkylation sites (tertiary alicyclic amines) is 1. The molecular weight excluding hydrogens is 354 g/mol. The Kier molecular flexibility index (Phi) is 5.07. The van der Waals surface area contributed by atoms with Gasteiger partial charge in [0, 0.05) is 37.1 Å². The summed E-state index contributed by atoms with van der Waals surface area (Å²) in [5.41, 5.74) is 1.69. The molecule has 4 rings (SSSR count). The highest BCUT2D eigenvalue weighted by molar-refractivity contribution is 5.95. The van der Waals surface area contributed by atoms with Gasteiger partial charge in [-0.15, -0.1) is 0 Å². The summed E-state index contributed by atoms with van der Waals surface area (Å²) in [5.74, 6) is 0.540. The number of hydrogen-bond acceptors (Lipinski definition) is 4. The van der Waals surface area contributed by atoms with Gasteiger partial charge in [-0.2, -0.15) is 0 Å². The van der Waals surface area contributed by atoms with Gasteiger partial charge >= 0.3 is 5.97 Å². The van der Waals surface area contributed by atoms with Crippen LogP contribution >= 0.6 is 0 Å². The number of ether oxygens (including phenoxy) is 2. The number of rotatable bonds is 5. The van der Waals surface area contributed by atoms with Crippen molar-refractivity contribution in [2.24, 2.45) is 0 Å². The first-order valence-electron chi connectivity index (χ1n) is 9.98. The predicted octanol–water partition coefficient (Wildman–Crippen LogP) is 4.17. The average molecular weight is 379 g/mol. The molecule has 5 heteroatoms. The fraction of sp³-hybridized carbons (Fsp3) is 0.391. The molecule has 146 valence electrons. The SMILES string of the molecule is CCCCOc1ccc(C(=O)N2CCC3(CC2)OC(=O)c2ccccc23)cc1. The molecule has 0 aliphatic carbocycles. The van der Waals surface area contributed by atoms with E-state index in [-0.39, 0.29) is 11.9 Å². The molecule has 5 nitrogen and oxygen atoms in total. The predicted molar refractivity (Wildman–Crippen MR) is 106 cm³/mol. The quantitative estimate of drug-likeness (QED) is 0.578. The van der Waals surface area contributed by atoms with Crippen molar-refractivity contribution >= 4 is 11.9 Å². The zero-order valence-electron chi connectivity index (χ0n) is 16.1. The van der Waals surface area contributed by atoms with Crippen LogP contribution in [-0.2, 0) is 10.3 Å². The summed E-state index contributed by atoms with van der Waals surface area (Å²) in [6.45, 7) is 3.95. The van der Waals surface area contributed by atoms with Crippen molar-refractivity contribution in [3.63, 3.8) is 0 Å². The molecule has 1 fully saturated rings. The van der Waals surface area contributed by atoms with Crippen LogP contribution in [-0.4, -0.2) is 36.5 Å². The average Bonchev–Trinajstić information content (AvgIpc) is 3.01. The van der Waals surface area contributed by atoms with Gasteiger partial charge in [0.2, 0.25) is 0 Å². The van der Waals surface area contributed by atoms with Gasteiger partial charge in [0.15, 0.2) is 0 Å². The van der Waals surface area contributed by atoms with Crippen molar-refractivity contribution in [2.75, 3.05) is 19.7 Å². The lowest BCUT2D eigenvalue weighted by atomic mass is 9.83. The fourth-order valence-electron chi connectivity index (χ4n) is 4.00. The van der Waals surface area contributed by atoms with Crippen LogP contribution in [0.5, 0.6) is 5.75 Å². The van der Waals surface area contributed by atoms with Crippen LogP contribution in [0.3, 0.4) is 0 Å². The molecule has 1 spiro atoms. The first kappa shape index (κ1) is 18.5. The lowest BCUT2D eigenvalue weighted by molar-refractivity contribution is -0.0389. The maximum absolute atomic E-state index is 12.9. The van der Waals surface area contributed by atoms with Crippen molar-refractivity contribution in [1.82, 2.24) is 4.90 Å². The monoisotopic (exact) mass is 379 g/mol. The number of unbranched alkanes of at least 4 members (excludes halogenated alkanes) is 1. The molecule has 2 aliphatic rings. The van der Waals surface area contributed by atoms with Gasteiger partial charge in [0.25, 0.3) is 5.91 Å². The number of benzene rings is 2. The lowest BCUT2D eigenvalue weighted by Gasteiger charge is -2.38. The Labute approximate surface area is 165 Å². The van der Waals surface area contributed by atoms with Crippen LogP contribution < -0.4 is 4.74 Å². The highest BCUT2D eigenvalue weighted by Gasteiger charge is 2.47. The minimum atomic E-state index is -0.582. The summed E-state index contributed by atoms with van der Waals surface area (Å²) in [6.07, 6.45) is 3.36. The van der Waals surface area contributed by atoms with Gasteiger partial charge in [-0.05, 0) is 36.8 Å². The van der Waals surface area contributed by atoms with E-state index >= 15 is 0 Å². The van der Waals surface area contributed by atoms with Gasteiger partial charge in [0.05, 0.1) is 12.2 Å². The Morgan fingerprint density at radius 1 is 1.11 bits per heavy atom. The second-order valence-corrected chi connectivity index (χ2v) is 7.45. The largest absolute Gasteiger partial charge is 0.494 e. The first-order chi connectivity index (χ1) is 13.6. The van der Waals surface area contributed by atoms with Gasteiger partial charge < -0.3 is 14.4 Å². The number of esters is 1. The molecule has 2 aromatic rings. The van der Waals surface area contributed by atoms with Gasteiger partial charge in [-0.1, -0.05) is 31.5 Å². The molecule has 0 bridgehead atoms. The minimum Gasteiger partial charge on any atom is -0.494 e. The summed E-state index contributed by atoms with van der Waals surface area (Å²) < 4.78 is 11.4. The summed E-state index contributed by atoms with van der Waals surface area (Å²) in [6, 6.07) is 14.9. The Morgan fingerprint density at radius 2 is 1.82 bits per heavy atom. The molecule has 2 aromatic carbocycles. The van der Waals surface area contributed by atoms with Gasteiger partial charge in [0.1, 0.15) is 11.4 Å². The van der Waals surface area contributed by atoms with E-state index in [9.17, 15) is 9.59 Å².